The Balaban J connectivity index is 2.26. The van der Waals surface area contributed by atoms with Crippen LogP contribution in [0.15, 0.2) is 15.8 Å². The van der Waals surface area contributed by atoms with Gasteiger partial charge in [0.25, 0.3) is 5.56 Å². The topological polar surface area (TPSA) is 105 Å². The van der Waals surface area contributed by atoms with Gasteiger partial charge in [-0.15, -0.1) is 0 Å². The van der Waals surface area contributed by atoms with Crippen molar-refractivity contribution >= 4 is 19.8 Å². The smallest absolute Gasteiger partial charge is 0.330 e. The summed E-state index contributed by atoms with van der Waals surface area (Å²) in [5.41, 5.74) is -0.611. The van der Waals surface area contributed by atoms with E-state index in [0.29, 0.717) is 5.56 Å². The van der Waals surface area contributed by atoms with Crippen molar-refractivity contribution in [2.75, 3.05) is 12.4 Å². The molecule has 24 heavy (non-hydrogen) atoms. The van der Waals surface area contributed by atoms with E-state index >= 15 is 0 Å². The number of thioether (sulfide) groups is 1. The minimum Gasteiger partial charge on any atom is -0.394 e. The van der Waals surface area contributed by atoms with Crippen LogP contribution in [-0.4, -0.2) is 57.7 Å². The van der Waals surface area contributed by atoms with Gasteiger partial charge in [-0.05, 0) is 18.7 Å². The molecular weight excluding hydrogens is 348 g/mol. The fourth-order valence-corrected chi connectivity index (χ4v) is 6.47. The van der Waals surface area contributed by atoms with Crippen molar-refractivity contribution in [1.29, 1.82) is 0 Å². The molecule has 7 nitrogen and oxygen atoms in total. The standard InChI is InChI=1S/C15H26N2O5SSi/c1-9-7-17(15(21)16-13(9)20)14-12(11(19)10(8-18)22-14)23-5-6-24(2,3)4/h7,10-12,14,18-19H,5-6,8H2,1-4H3,(H,16,20,21)/t10-,11-,12-,14-/m1/s1. The van der Waals surface area contributed by atoms with E-state index in [-0.39, 0.29) is 11.9 Å². The lowest BCUT2D eigenvalue weighted by atomic mass is 10.2. The highest BCUT2D eigenvalue weighted by Gasteiger charge is 2.45. The number of aromatic nitrogens is 2. The third kappa shape index (κ3) is 4.40. The minimum atomic E-state index is -1.21. The molecule has 0 bridgehead atoms. The SMILES string of the molecule is Cc1cn([C@@H]2O[C@H](CO)[C@@H](O)[C@H]2SCC[Si](C)(C)C)c(=O)[nH]c1=O. The highest BCUT2D eigenvalue weighted by molar-refractivity contribution is 8.00. The quantitative estimate of drug-likeness (QED) is 0.628. The Morgan fingerprint density at radius 3 is 2.62 bits per heavy atom. The van der Waals surface area contributed by atoms with Crippen molar-refractivity contribution in [3.8, 4) is 0 Å². The lowest BCUT2D eigenvalue weighted by Gasteiger charge is -2.23. The van der Waals surface area contributed by atoms with E-state index in [1.165, 1.54) is 10.8 Å². The monoisotopic (exact) mass is 374 g/mol. The van der Waals surface area contributed by atoms with Gasteiger partial charge in [0.05, 0.1) is 18.0 Å². The Morgan fingerprint density at radius 1 is 1.38 bits per heavy atom. The maximum absolute atomic E-state index is 12.1. The summed E-state index contributed by atoms with van der Waals surface area (Å²) < 4.78 is 7.02. The molecule has 136 valence electrons. The van der Waals surface area contributed by atoms with Crippen LogP contribution >= 0.6 is 11.8 Å². The molecule has 3 N–H and O–H groups in total. The minimum absolute atomic E-state index is 0.320. The molecule has 2 rings (SSSR count). The van der Waals surface area contributed by atoms with Crippen molar-refractivity contribution in [3.63, 3.8) is 0 Å². The van der Waals surface area contributed by atoms with E-state index in [2.05, 4.69) is 24.6 Å². The van der Waals surface area contributed by atoms with E-state index in [0.717, 1.165) is 11.8 Å². The Labute approximate surface area is 146 Å². The third-order valence-electron chi connectivity index (χ3n) is 4.08. The molecule has 0 saturated carbocycles. The van der Waals surface area contributed by atoms with Crippen molar-refractivity contribution in [2.45, 2.75) is 56.3 Å². The van der Waals surface area contributed by atoms with Crippen molar-refractivity contribution in [3.05, 3.63) is 32.6 Å². The van der Waals surface area contributed by atoms with E-state index in [1.807, 2.05) is 0 Å². The maximum Gasteiger partial charge on any atom is 0.330 e. The van der Waals surface area contributed by atoms with Gasteiger partial charge in [0.1, 0.15) is 6.10 Å². The Kier molecular flexibility index (Phi) is 6.13. The number of rotatable bonds is 6. The molecule has 0 spiro atoms. The van der Waals surface area contributed by atoms with Crippen LogP contribution in [0.2, 0.25) is 25.7 Å². The number of ether oxygens (including phenoxy) is 1. The molecule has 1 saturated heterocycles. The number of nitrogens with zero attached hydrogens (tertiary/aromatic N) is 1. The van der Waals surface area contributed by atoms with Gasteiger partial charge in [-0.3, -0.25) is 14.3 Å². The van der Waals surface area contributed by atoms with Gasteiger partial charge in [0, 0.05) is 19.8 Å². The fraction of sp³-hybridized carbons (Fsp3) is 0.733. The van der Waals surface area contributed by atoms with Gasteiger partial charge >= 0.3 is 5.69 Å². The average Bonchev–Trinajstić information content (AvgIpc) is 2.78. The van der Waals surface area contributed by atoms with Crippen LogP contribution < -0.4 is 11.2 Å². The normalized spacial score (nSPS) is 27.6. The number of H-pyrrole nitrogens is 1. The van der Waals surface area contributed by atoms with E-state index < -0.39 is 37.8 Å². The number of nitrogens with one attached hydrogen (secondary N) is 1. The zero-order valence-corrected chi connectivity index (χ0v) is 16.3. The van der Waals surface area contributed by atoms with Gasteiger partial charge in [0.2, 0.25) is 0 Å². The predicted octanol–water partition coefficient (Wildman–Crippen LogP) is 0.536. The predicted molar refractivity (Wildman–Crippen MR) is 97.5 cm³/mol. The largest absolute Gasteiger partial charge is 0.394 e. The molecule has 1 aromatic rings. The first-order chi connectivity index (χ1) is 11.1. The van der Waals surface area contributed by atoms with E-state index in [1.54, 1.807) is 18.7 Å². The highest BCUT2D eigenvalue weighted by atomic mass is 32.2. The number of aromatic amines is 1. The molecule has 1 aromatic heterocycles. The number of aliphatic hydroxyl groups is 2. The first kappa shape index (κ1) is 19.5. The zero-order valence-electron chi connectivity index (χ0n) is 14.5. The number of hydrogen-bond acceptors (Lipinski definition) is 6. The molecule has 0 unspecified atom stereocenters. The van der Waals surface area contributed by atoms with Gasteiger partial charge in [0.15, 0.2) is 6.23 Å². The second-order valence-electron chi connectivity index (χ2n) is 7.36. The number of aliphatic hydroxyl groups excluding tert-OH is 2. The second kappa shape index (κ2) is 7.57. The van der Waals surface area contributed by atoms with Crippen LogP contribution in [0.4, 0.5) is 0 Å². The van der Waals surface area contributed by atoms with Gasteiger partial charge < -0.3 is 14.9 Å². The van der Waals surface area contributed by atoms with E-state index in [4.69, 9.17) is 4.74 Å². The average molecular weight is 375 g/mol. The molecule has 4 atom stereocenters. The molecule has 0 aromatic carbocycles. The zero-order chi connectivity index (χ0) is 18.1. The maximum atomic E-state index is 12.1. The number of hydrogen-bond donors (Lipinski definition) is 3. The molecule has 2 heterocycles. The van der Waals surface area contributed by atoms with Crippen LogP contribution in [0.25, 0.3) is 0 Å². The molecule has 0 amide bonds. The first-order valence-corrected chi connectivity index (χ1v) is 12.8. The fourth-order valence-electron chi connectivity index (χ4n) is 2.55. The Morgan fingerprint density at radius 2 is 2.04 bits per heavy atom. The summed E-state index contributed by atoms with van der Waals surface area (Å²) in [6.07, 6.45) is -0.874. The van der Waals surface area contributed by atoms with Crippen LogP contribution in [0.3, 0.4) is 0 Å². The van der Waals surface area contributed by atoms with Crippen LogP contribution in [0, 0.1) is 6.92 Å². The van der Waals surface area contributed by atoms with Crippen molar-refractivity contribution < 1.29 is 14.9 Å². The van der Waals surface area contributed by atoms with Crippen molar-refractivity contribution in [1.82, 2.24) is 9.55 Å². The number of aryl methyl sites for hydroxylation is 1. The highest BCUT2D eigenvalue weighted by Crippen LogP contribution is 2.37. The summed E-state index contributed by atoms with van der Waals surface area (Å²) in [5.74, 6) is 0.854. The molecule has 0 radical (unpaired) electrons. The first-order valence-electron chi connectivity index (χ1n) is 8.02. The van der Waals surface area contributed by atoms with Gasteiger partial charge in [-0.2, -0.15) is 11.8 Å². The van der Waals surface area contributed by atoms with Gasteiger partial charge in [-0.1, -0.05) is 19.6 Å². The molecule has 1 fully saturated rings. The van der Waals surface area contributed by atoms with Crippen molar-refractivity contribution in [2.24, 2.45) is 0 Å². The summed E-state index contributed by atoms with van der Waals surface area (Å²) in [6, 6.07) is 1.08. The molecule has 9 heteroatoms. The summed E-state index contributed by atoms with van der Waals surface area (Å²) in [5, 5.41) is 19.5. The van der Waals surface area contributed by atoms with Crippen LogP contribution in [0.5, 0.6) is 0 Å². The lowest BCUT2D eigenvalue weighted by molar-refractivity contribution is -0.0457. The molecular formula is C15H26N2O5SSi. The van der Waals surface area contributed by atoms with Crippen LogP contribution in [0.1, 0.15) is 11.8 Å². The van der Waals surface area contributed by atoms with Crippen LogP contribution in [-0.2, 0) is 4.74 Å². The lowest BCUT2D eigenvalue weighted by Crippen LogP contribution is -2.37. The summed E-state index contributed by atoms with van der Waals surface area (Å²) in [6.45, 7) is 8.12. The summed E-state index contributed by atoms with van der Waals surface area (Å²) in [7, 11) is -1.21. The summed E-state index contributed by atoms with van der Waals surface area (Å²) in [4.78, 5) is 26.0. The Bertz CT molecular complexity index is 684. The second-order valence-corrected chi connectivity index (χ2v) is 14.3. The Hall–Kier alpha value is -0.873. The molecule has 1 aliphatic heterocycles. The molecule has 1 aliphatic rings. The van der Waals surface area contributed by atoms with E-state index in [9.17, 15) is 19.8 Å². The van der Waals surface area contributed by atoms with Gasteiger partial charge in [-0.25, -0.2) is 4.79 Å². The summed E-state index contributed by atoms with van der Waals surface area (Å²) >= 11 is 1.56. The third-order valence-corrected chi connectivity index (χ3v) is 7.52. The molecule has 0 aliphatic carbocycles.